The maximum atomic E-state index is 13.2. The molecule has 25 heavy (non-hydrogen) atoms. The number of aryl methyl sites for hydroxylation is 1. The van der Waals surface area contributed by atoms with Crippen molar-refractivity contribution in [3.05, 3.63) is 65.2 Å². The van der Waals surface area contributed by atoms with Gasteiger partial charge in [-0.1, -0.05) is 17.7 Å². The molecule has 0 fully saturated rings. The lowest BCUT2D eigenvalue weighted by atomic mass is 10.2. The van der Waals surface area contributed by atoms with Gasteiger partial charge in [-0.3, -0.25) is 9.67 Å². The van der Waals surface area contributed by atoms with Crippen LogP contribution in [0, 0.1) is 5.82 Å². The highest BCUT2D eigenvalue weighted by Gasteiger charge is 2.17. The second-order valence-electron chi connectivity index (χ2n) is 5.26. The lowest BCUT2D eigenvalue weighted by Gasteiger charge is -2.06. The van der Waals surface area contributed by atoms with Crippen molar-refractivity contribution in [1.29, 1.82) is 0 Å². The Hall–Kier alpha value is -2.29. The third kappa shape index (κ3) is 3.87. The maximum absolute atomic E-state index is 13.2. The van der Waals surface area contributed by atoms with Crippen LogP contribution >= 0.6 is 11.6 Å². The number of hydrogen-bond donors (Lipinski definition) is 1. The fourth-order valence-electron chi connectivity index (χ4n) is 2.26. The zero-order chi connectivity index (χ0) is 18.0. The molecule has 3 aromatic rings. The van der Waals surface area contributed by atoms with Crippen molar-refractivity contribution in [3.8, 4) is 11.4 Å². The molecular weight excluding hydrogens is 367 g/mol. The number of pyridine rings is 1. The molecule has 0 bridgehead atoms. The number of rotatable bonds is 5. The van der Waals surface area contributed by atoms with Gasteiger partial charge in [0.05, 0.1) is 33.5 Å². The molecule has 0 saturated carbocycles. The van der Waals surface area contributed by atoms with Crippen molar-refractivity contribution in [2.75, 3.05) is 0 Å². The van der Waals surface area contributed by atoms with E-state index in [1.54, 1.807) is 24.0 Å². The average Bonchev–Trinajstić information content (AvgIpc) is 2.97. The highest BCUT2D eigenvalue weighted by Crippen LogP contribution is 2.20. The molecule has 2 heterocycles. The summed E-state index contributed by atoms with van der Waals surface area (Å²) >= 11 is 5.64. The Labute approximate surface area is 149 Å². The van der Waals surface area contributed by atoms with Gasteiger partial charge in [-0.2, -0.15) is 5.10 Å². The Morgan fingerprint density at radius 1 is 1.24 bits per heavy atom. The number of sulfonamides is 1. The first-order valence-electron chi connectivity index (χ1n) is 7.26. The van der Waals surface area contributed by atoms with Crippen LogP contribution in [0.3, 0.4) is 0 Å². The van der Waals surface area contributed by atoms with Gasteiger partial charge >= 0.3 is 0 Å². The van der Waals surface area contributed by atoms with Gasteiger partial charge in [-0.05, 0) is 36.4 Å². The van der Waals surface area contributed by atoms with Crippen LogP contribution in [0.1, 0.15) is 5.69 Å². The average molecular weight is 381 g/mol. The molecule has 3 rings (SSSR count). The molecule has 0 aliphatic carbocycles. The van der Waals surface area contributed by atoms with Gasteiger partial charge in [0.1, 0.15) is 5.82 Å². The third-order valence-electron chi connectivity index (χ3n) is 3.50. The first-order chi connectivity index (χ1) is 11.9. The molecule has 0 saturated heterocycles. The van der Waals surface area contributed by atoms with Crippen LogP contribution < -0.4 is 4.72 Å². The molecule has 0 spiro atoms. The summed E-state index contributed by atoms with van der Waals surface area (Å²) < 4.78 is 41.8. The van der Waals surface area contributed by atoms with Crippen molar-refractivity contribution in [1.82, 2.24) is 19.5 Å². The SMILES string of the molecule is Cn1nc(CNS(=O)(=O)c2ccc(F)c(Cl)c2)cc1-c1ccccn1. The fourth-order valence-corrected chi connectivity index (χ4v) is 3.53. The van der Waals surface area contributed by atoms with Crippen molar-refractivity contribution in [3.63, 3.8) is 0 Å². The summed E-state index contributed by atoms with van der Waals surface area (Å²) in [7, 11) is -2.08. The van der Waals surface area contributed by atoms with Crippen LogP contribution in [-0.4, -0.2) is 23.2 Å². The predicted molar refractivity (Wildman–Crippen MR) is 91.9 cm³/mol. The first kappa shape index (κ1) is 17.5. The summed E-state index contributed by atoms with van der Waals surface area (Å²) in [5, 5.41) is 4.03. The number of hydrogen-bond acceptors (Lipinski definition) is 4. The molecular formula is C16H14ClFN4O2S. The molecule has 6 nitrogen and oxygen atoms in total. The van der Waals surface area contributed by atoms with Crippen LogP contribution in [0.4, 0.5) is 4.39 Å². The highest BCUT2D eigenvalue weighted by molar-refractivity contribution is 7.89. The molecule has 9 heteroatoms. The maximum Gasteiger partial charge on any atom is 0.240 e. The van der Waals surface area contributed by atoms with Crippen LogP contribution in [0.5, 0.6) is 0 Å². The summed E-state index contributed by atoms with van der Waals surface area (Å²) in [5.41, 5.74) is 2.02. The summed E-state index contributed by atoms with van der Waals surface area (Å²) in [6.07, 6.45) is 1.67. The smallest absolute Gasteiger partial charge is 0.240 e. The van der Waals surface area contributed by atoms with Gasteiger partial charge in [0, 0.05) is 13.2 Å². The lowest BCUT2D eigenvalue weighted by Crippen LogP contribution is -2.23. The normalized spacial score (nSPS) is 11.6. The van der Waals surface area contributed by atoms with E-state index >= 15 is 0 Å². The van der Waals surface area contributed by atoms with Crippen molar-refractivity contribution in [2.24, 2.45) is 7.05 Å². The molecule has 0 aliphatic rings. The lowest BCUT2D eigenvalue weighted by molar-refractivity contribution is 0.578. The minimum atomic E-state index is -3.83. The van der Waals surface area contributed by atoms with Crippen LogP contribution in [0.2, 0.25) is 5.02 Å². The molecule has 0 radical (unpaired) electrons. The minimum Gasteiger partial charge on any atom is -0.266 e. The molecule has 130 valence electrons. The second-order valence-corrected chi connectivity index (χ2v) is 7.43. The van der Waals surface area contributed by atoms with Crippen LogP contribution in [0.15, 0.2) is 53.6 Å². The summed E-state index contributed by atoms with van der Waals surface area (Å²) in [6.45, 7) is -0.0159. The summed E-state index contributed by atoms with van der Waals surface area (Å²) in [4.78, 5) is 4.14. The Kier molecular flexibility index (Phi) is 4.85. The molecule has 0 aliphatic heterocycles. The van der Waals surface area contributed by atoms with E-state index in [1.807, 2.05) is 18.2 Å². The van der Waals surface area contributed by atoms with Gasteiger partial charge in [-0.15, -0.1) is 0 Å². The van der Waals surface area contributed by atoms with Crippen LogP contribution in [-0.2, 0) is 23.6 Å². The topological polar surface area (TPSA) is 76.9 Å². The second kappa shape index (κ2) is 6.91. The Balaban J connectivity index is 1.78. The zero-order valence-electron chi connectivity index (χ0n) is 13.1. The number of benzene rings is 1. The molecule has 2 aromatic heterocycles. The van der Waals surface area contributed by atoms with Crippen molar-refractivity contribution < 1.29 is 12.8 Å². The Morgan fingerprint density at radius 2 is 2.04 bits per heavy atom. The Morgan fingerprint density at radius 3 is 2.72 bits per heavy atom. The first-order valence-corrected chi connectivity index (χ1v) is 9.12. The highest BCUT2D eigenvalue weighted by atomic mass is 35.5. The molecule has 1 aromatic carbocycles. The standard InChI is InChI=1S/C16H14ClFN4O2S/c1-22-16(15-4-2-3-7-19-15)8-11(21-22)10-20-25(23,24)12-5-6-14(18)13(17)9-12/h2-9,20H,10H2,1H3. The minimum absolute atomic E-state index is 0.0159. The van der Waals surface area contributed by atoms with Gasteiger partial charge < -0.3 is 0 Å². The zero-order valence-corrected chi connectivity index (χ0v) is 14.7. The number of halogens is 2. The molecule has 0 unspecified atom stereocenters. The van der Waals surface area contributed by atoms with E-state index in [2.05, 4.69) is 14.8 Å². The van der Waals surface area contributed by atoms with E-state index in [0.29, 0.717) is 5.69 Å². The van der Waals surface area contributed by atoms with Crippen molar-refractivity contribution in [2.45, 2.75) is 11.4 Å². The van der Waals surface area contributed by atoms with E-state index < -0.39 is 15.8 Å². The molecule has 1 N–H and O–H groups in total. The van der Waals surface area contributed by atoms with Gasteiger partial charge in [-0.25, -0.2) is 17.5 Å². The number of nitrogens with one attached hydrogen (secondary N) is 1. The predicted octanol–water partition coefficient (Wildman–Crippen LogP) is 2.75. The van der Waals surface area contributed by atoms with Gasteiger partial charge in [0.2, 0.25) is 10.0 Å². The summed E-state index contributed by atoms with van der Waals surface area (Å²) in [5.74, 6) is -0.676. The quantitative estimate of drug-likeness (QED) is 0.738. The fraction of sp³-hybridized carbons (Fsp3) is 0.125. The summed E-state index contributed by atoms with van der Waals surface area (Å²) in [6, 6.07) is 10.5. The van der Waals surface area contributed by atoms with Crippen molar-refractivity contribution >= 4 is 21.6 Å². The largest absolute Gasteiger partial charge is 0.266 e. The third-order valence-corrected chi connectivity index (χ3v) is 5.19. The van der Waals surface area contributed by atoms with E-state index in [0.717, 1.165) is 29.6 Å². The molecule has 0 atom stereocenters. The van der Waals surface area contributed by atoms with E-state index in [1.165, 1.54) is 0 Å². The Bertz CT molecular complexity index is 1010. The van der Waals surface area contributed by atoms with Crippen LogP contribution in [0.25, 0.3) is 11.4 Å². The van der Waals surface area contributed by atoms with E-state index in [-0.39, 0.29) is 16.5 Å². The van der Waals surface area contributed by atoms with Gasteiger partial charge in [0.15, 0.2) is 0 Å². The van der Waals surface area contributed by atoms with E-state index in [4.69, 9.17) is 11.6 Å². The number of aromatic nitrogens is 3. The monoisotopic (exact) mass is 380 g/mol. The van der Waals surface area contributed by atoms with Gasteiger partial charge in [0.25, 0.3) is 0 Å². The molecule has 0 amide bonds. The number of nitrogens with zero attached hydrogens (tertiary/aromatic N) is 3. The van der Waals surface area contributed by atoms with E-state index in [9.17, 15) is 12.8 Å².